The molecule has 0 aromatic carbocycles. The number of carbonyl (C=O) groups excluding carboxylic acids is 1. The van der Waals surface area contributed by atoms with Crippen molar-refractivity contribution in [2.24, 2.45) is 23.7 Å². The van der Waals surface area contributed by atoms with Crippen molar-refractivity contribution in [1.82, 2.24) is 0 Å². The predicted octanol–water partition coefficient (Wildman–Crippen LogP) is 3.14. The molecule has 0 aliphatic rings. The van der Waals surface area contributed by atoms with E-state index in [0.717, 1.165) is 12.7 Å². The fourth-order valence-electron chi connectivity index (χ4n) is 1.94. The summed E-state index contributed by atoms with van der Waals surface area (Å²) in [7, 11) is 0. The summed E-state index contributed by atoms with van der Waals surface area (Å²) in [4.78, 5) is 10.9. The third kappa shape index (κ3) is 2.96. The van der Waals surface area contributed by atoms with E-state index in [0.29, 0.717) is 17.8 Å². The van der Waals surface area contributed by atoms with Crippen LogP contribution in [0.25, 0.3) is 0 Å². The molecule has 0 N–H and O–H groups in total. The summed E-state index contributed by atoms with van der Waals surface area (Å²) < 4.78 is 0. The first-order valence-corrected chi connectivity index (χ1v) is 4.99. The first-order valence-electron chi connectivity index (χ1n) is 4.99. The first kappa shape index (κ1) is 11.7. The van der Waals surface area contributed by atoms with Crippen LogP contribution < -0.4 is 0 Å². The lowest BCUT2D eigenvalue weighted by Crippen LogP contribution is -2.25. The van der Waals surface area contributed by atoms with Gasteiger partial charge in [-0.15, -0.1) is 0 Å². The van der Waals surface area contributed by atoms with Gasteiger partial charge in [0.15, 0.2) is 0 Å². The summed E-state index contributed by atoms with van der Waals surface area (Å²) >= 11 is 0. The molecule has 0 fully saturated rings. The van der Waals surface area contributed by atoms with Gasteiger partial charge in [-0.2, -0.15) is 0 Å². The zero-order valence-corrected chi connectivity index (χ0v) is 9.00. The number of aldehydes is 1. The number of hydrogen-bond acceptors (Lipinski definition) is 1. The number of rotatable bonds is 5. The third-order valence-corrected chi connectivity index (χ3v) is 2.75. The second-order valence-corrected chi connectivity index (χ2v) is 4.27. The van der Waals surface area contributed by atoms with Crippen LogP contribution in [0.3, 0.4) is 0 Å². The summed E-state index contributed by atoms with van der Waals surface area (Å²) in [6, 6.07) is 0. The second-order valence-electron chi connectivity index (χ2n) is 4.27. The van der Waals surface area contributed by atoms with E-state index in [1.807, 2.05) is 0 Å². The first-order chi connectivity index (χ1) is 5.54. The molecule has 0 saturated carbocycles. The van der Waals surface area contributed by atoms with Crippen molar-refractivity contribution in [3.05, 3.63) is 0 Å². The summed E-state index contributed by atoms with van der Waals surface area (Å²) in [5, 5.41) is 0. The highest BCUT2D eigenvalue weighted by Crippen LogP contribution is 2.28. The maximum absolute atomic E-state index is 10.9. The van der Waals surface area contributed by atoms with E-state index in [2.05, 4.69) is 34.6 Å². The van der Waals surface area contributed by atoms with Gasteiger partial charge in [-0.25, -0.2) is 0 Å². The van der Waals surface area contributed by atoms with Gasteiger partial charge in [-0.3, -0.25) is 0 Å². The molecule has 0 aromatic heterocycles. The standard InChI is InChI=1S/C11H22O/c1-6-10(8(2)3)11(7-12)9(4)5/h7-11H,6H2,1-5H3. The van der Waals surface area contributed by atoms with E-state index in [1.54, 1.807) is 0 Å². The minimum Gasteiger partial charge on any atom is -0.303 e. The highest BCUT2D eigenvalue weighted by atomic mass is 16.1. The summed E-state index contributed by atoms with van der Waals surface area (Å²) in [5.41, 5.74) is 0. The molecule has 0 spiro atoms. The maximum Gasteiger partial charge on any atom is 0.123 e. The lowest BCUT2D eigenvalue weighted by Gasteiger charge is -2.27. The molecule has 0 amide bonds. The molecule has 0 aliphatic carbocycles. The van der Waals surface area contributed by atoms with Crippen molar-refractivity contribution >= 4 is 6.29 Å². The van der Waals surface area contributed by atoms with Gasteiger partial charge in [0.05, 0.1) is 0 Å². The summed E-state index contributed by atoms with van der Waals surface area (Å²) in [6.07, 6.45) is 2.25. The molecule has 12 heavy (non-hydrogen) atoms. The normalized spacial score (nSPS) is 16.6. The Kier molecular flexibility index (Phi) is 5.19. The smallest absolute Gasteiger partial charge is 0.123 e. The zero-order valence-electron chi connectivity index (χ0n) is 9.00. The van der Waals surface area contributed by atoms with Crippen molar-refractivity contribution in [2.75, 3.05) is 0 Å². The molecule has 0 aromatic rings. The van der Waals surface area contributed by atoms with Crippen LogP contribution in [0.1, 0.15) is 41.0 Å². The van der Waals surface area contributed by atoms with E-state index in [-0.39, 0.29) is 5.92 Å². The van der Waals surface area contributed by atoms with Gasteiger partial charge in [0.25, 0.3) is 0 Å². The Hall–Kier alpha value is -0.330. The molecule has 1 nitrogen and oxygen atoms in total. The molecular weight excluding hydrogens is 148 g/mol. The molecule has 2 unspecified atom stereocenters. The molecule has 0 bridgehead atoms. The van der Waals surface area contributed by atoms with Gasteiger partial charge < -0.3 is 4.79 Å². The molecular formula is C11H22O. The number of carbonyl (C=O) groups is 1. The van der Waals surface area contributed by atoms with Crippen LogP contribution in [0.4, 0.5) is 0 Å². The van der Waals surface area contributed by atoms with Gasteiger partial charge >= 0.3 is 0 Å². The quantitative estimate of drug-likeness (QED) is 0.579. The van der Waals surface area contributed by atoms with Crippen LogP contribution in [-0.4, -0.2) is 6.29 Å². The van der Waals surface area contributed by atoms with Crippen molar-refractivity contribution in [3.63, 3.8) is 0 Å². The molecule has 1 heteroatoms. The van der Waals surface area contributed by atoms with Crippen LogP contribution >= 0.6 is 0 Å². The Morgan fingerprint density at radius 1 is 1.08 bits per heavy atom. The van der Waals surface area contributed by atoms with Crippen LogP contribution in [-0.2, 0) is 4.79 Å². The Morgan fingerprint density at radius 2 is 1.58 bits per heavy atom. The van der Waals surface area contributed by atoms with E-state index in [1.165, 1.54) is 0 Å². The largest absolute Gasteiger partial charge is 0.303 e. The minimum absolute atomic E-state index is 0.245. The average molecular weight is 170 g/mol. The number of hydrogen-bond donors (Lipinski definition) is 0. The monoisotopic (exact) mass is 170 g/mol. The van der Waals surface area contributed by atoms with E-state index < -0.39 is 0 Å². The fourth-order valence-corrected chi connectivity index (χ4v) is 1.94. The molecule has 0 saturated heterocycles. The highest BCUT2D eigenvalue weighted by Gasteiger charge is 2.24. The Morgan fingerprint density at radius 3 is 1.67 bits per heavy atom. The molecule has 72 valence electrons. The van der Waals surface area contributed by atoms with E-state index in [4.69, 9.17) is 0 Å². The molecule has 0 aliphatic heterocycles. The summed E-state index contributed by atoms with van der Waals surface area (Å²) in [5.74, 6) is 1.90. The highest BCUT2D eigenvalue weighted by molar-refractivity contribution is 5.54. The lowest BCUT2D eigenvalue weighted by atomic mass is 9.77. The minimum atomic E-state index is 0.245. The predicted molar refractivity (Wildman–Crippen MR) is 53.0 cm³/mol. The SMILES string of the molecule is CCC(C(C)C)C(C=O)C(C)C. The molecule has 0 heterocycles. The van der Waals surface area contributed by atoms with Gasteiger partial charge in [0.1, 0.15) is 6.29 Å². The molecule has 2 atom stereocenters. The van der Waals surface area contributed by atoms with Gasteiger partial charge in [0.2, 0.25) is 0 Å². The Labute approximate surface area is 76.6 Å². The van der Waals surface area contributed by atoms with Gasteiger partial charge in [-0.1, -0.05) is 41.0 Å². The van der Waals surface area contributed by atoms with Crippen LogP contribution in [0.5, 0.6) is 0 Å². The Balaban J connectivity index is 4.33. The topological polar surface area (TPSA) is 17.1 Å². The van der Waals surface area contributed by atoms with Crippen molar-refractivity contribution in [3.8, 4) is 0 Å². The maximum atomic E-state index is 10.9. The Bertz CT molecular complexity index is 127. The van der Waals surface area contributed by atoms with Gasteiger partial charge in [0, 0.05) is 5.92 Å². The van der Waals surface area contributed by atoms with E-state index in [9.17, 15) is 4.79 Å². The van der Waals surface area contributed by atoms with Crippen molar-refractivity contribution in [2.45, 2.75) is 41.0 Å². The van der Waals surface area contributed by atoms with Crippen molar-refractivity contribution < 1.29 is 4.79 Å². The van der Waals surface area contributed by atoms with Crippen LogP contribution in [0.2, 0.25) is 0 Å². The van der Waals surface area contributed by atoms with Gasteiger partial charge in [-0.05, 0) is 17.8 Å². The lowest BCUT2D eigenvalue weighted by molar-refractivity contribution is -0.114. The second kappa shape index (κ2) is 5.34. The fraction of sp³-hybridized carbons (Fsp3) is 0.909. The van der Waals surface area contributed by atoms with Crippen LogP contribution in [0.15, 0.2) is 0 Å². The summed E-state index contributed by atoms with van der Waals surface area (Å²) in [6.45, 7) is 10.8. The average Bonchev–Trinajstić information content (AvgIpc) is 1.98. The van der Waals surface area contributed by atoms with Crippen molar-refractivity contribution in [1.29, 1.82) is 0 Å². The van der Waals surface area contributed by atoms with Crippen LogP contribution in [0, 0.1) is 23.7 Å². The van der Waals surface area contributed by atoms with E-state index >= 15 is 0 Å². The zero-order chi connectivity index (χ0) is 9.72. The molecule has 0 radical (unpaired) electrons. The third-order valence-electron chi connectivity index (χ3n) is 2.75. The molecule has 0 rings (SSSR count).